The van der Waals surface area contributed by atoms with Crippen LogP contribution < -0.4 is 4.90 Å². The topological polar surface area (TPSA) is 8.17 Å². The second-order valence-electron chi connectivity index (χ2n) is 31.1. The molecule has 2 heteroatoms. The average molecular weight is 1290 g/mol. The lowest BCUT2D eigenvalue weighted by Crippen LogP contribution is -2.26. The summed E-state index contributed by atoms with van der Waals surface area (Å²) in [5, 5.41) is 2.47. The van der Waals surface area contributed by atoms with Gasteiger partial charge in [-0.05, 0) is 230 Å². The van der Waals surface area contributed by atoms with E-state index >= 15 is 0 Å². The Morgan fingerprint density at radius 2 is 0.680 bits per heavy atom. The van der Waals surface area contributed by atoms with E-state index < -0.39 is 5.41 Å². The maximum Gasteiger partial charge on any atom is 0.0725 e. The fourth-order valence-corrected chi connectivity index (χ4v) is 17.5. The zero-order chi connectivity index (χ0) is 67.8. The summed E-state index contributed by atoms with van der Waals surface area (Å²) in [6, 6.07) is 121. The minimum absolute atomic E-state index is 0.119. The molecule has 0 N–H and O–H groups in total. The van der Waals surface area contributed by atoms with Crippen LogP contribution in [0.1, 0.15) is 107 Å². The minimum atomic E-state index is -0.477. The number of aromatic nitrogens is 1. The molecule has 0 aliphatic heterocycles. The Hall–Kier alpha value is -11.3. The van der Waals surface area contributed by atoms with Gasteiger partial charge in [-0.3, -0.25) is 0 Å². The van der Waals surface area contributed by atoms with Gasteiger partial charge in [0.1, 0.15) is 0 Å². The summed E-state index contributed by atoms with van der Waals surface area (Å²) in [5.41, 5.74) is 36.2. The Bertz CT molecular complexity index is 5680. The molecule has 482 valence electrons. The van der Waals surface area contributed by atoms with Gasteiger partial charge in [-0.1, -0.05) is 298 Å². The van der Waals surface area contributed by atoms with Crippen molar-refractivity contribution in [2.24, 2.45) is 10.8 Å². The van der Waals surface area contributed by atoms with Crippen LogP contribution in [0.15, 0.2) is 322 Å². The largest absolute Gasteiger partial charge is 0.310 e. The molecule has 0 bridgehead atoms. The SMILES string of the molecule is CC(C)(C)CC(c1ccc(-c2ccc3c(c2)C2(c4ccccc4-c4ccc(-c5ccc(-c6ccc7c(c6)c6ccccc6n7-c6ccc(-c7ccc(N(c8ccc(-c9ccccc9)cc8)c8ccc9c(c8)C(C)(C)c8ccccc8-9)cc7)cc6)cc5)cc42)c2ccccc2-3)cc1)C(C)(C)C. The van der Waals surface area contributed by atoms with Gasteiger partial charge >= 0.3 is 0 Å². The fraction of sp³-hybridized carbons (Fsp3) is 0.143. The molecule has 0 radical (unpaired) electrons. The lowest BCUT2D eigenvalue weighted by molar-refractivity contribution is 0.229. The van der Waals surface area contributed by atoms with E-state index in [1.54, 1.807) is 0 Å². The standard InChI is InChI=1S/C98H80N2/c1-95(2,3)62-92(96(4,5)6)70-36-34-69(35-37-70)73-45-55-83-80-24-14-18-28-88(80)98(91(83)60-73)87-27-17-13-23-79(87)82-54-44-72(59-90(82)98)68-32-30-67(31-33-68)71-46-57-94-85(58-71)84-25-15-19-29-93(84)100(94)76-51-42-66(43-52-76)65-40-49-75(50-41-65)99(74-47-38-64(39-48-74)63-20-10-9-11-21-63)77-53-56-81-78-22-12-16-26-86(78)97(7,8)89(81)61-77/h9-61,92H,62H2,1-8H3. The van der Waals surface area contributed by atoms with E-state index in [-0.39, 0.29) is 16.2 Å². The van der Waals surface area contributed by atoms with E-state index in [9.17, 15) is 0 Å². The number of hydrogen-bond donors (Lipinski definition) is 0. The molecule has 3 aliphatic carbocycles. The molecule has 2 atom stereocenters. The highest BCUT2D eigenvalue weighted by atomic mass is 15.1. The molecule has 14 aromatic carbocycles. The van der Waals surface area contributed by atoms with E-state index in [1.165, 1.54) is 150 Å². The first-order valence-electron chi connectivity index (χ1n) is 35.7. The fourth-order valence-electron chi connectivity index (χ4n) is 17.5. The second-order valence-corrected chi connectivity index (χ2v) is 31.1. The predicted octanol–water partition coefficient (Wildman–Crippen LogP) is 26.8. The van der Waals surface area contributed by atoms with Gasteiger partial charge in [0.05, 0.1) is 16.4 Å². The maximum atomic E-state index is 2.52. The second kappa shape index (κ2) is 23.2. The number of fused-ring (bicyclic) bond motifs is 16. The molecule has 1 heterocycles. The molecule has 2 unspecified atom stereocenters. The van der Waals surface area contributed by atoms with Crippen LogP contribution in [0.3, 0.4) is 0 Å². The summed E-state index contributed by atoms with van der Waals surface area (Å²) in [7, 11) is 0. The Morgan fingerprint density at radius 3 is 1.23 bits per heavy atom. The first kappa shape index (κ1) is 61.0. The van der Waals surface area contributed by atoms with Crippen molar-refractivity contribution in [1.82, 2.24) is 4.57 Å². The molecule has 18 rings (SSSR count). The predicted molar refractivity (Wildman–Crippen MR) is 423 cm³/mol. The number of hydrogen-bond acceptors (Lipinski definition) is 1. The van der Waals surface area contributed by atoms with Crippen molar-refractivity contribution in [2.75, 3.05) is 4.90 Å². The van der Waals surface area contributed by atoms with Crippen molar-refractivity contribution in [1.29, 1.82) is 0 Å². The molecule has 0 saturated carbocycles. The summed E-state index contributed by atoms with van der Waals surface area (Å²) in [5.74, 6) is 0.460. The summed E-state index contributed by atoms with van der Waals surface area (Å²) in [4.78, 5) is 2.41. The van der Waals surface area contributed by atoms with Gasteiger partial charge in [-0.2, -0.15) is 0 Å². The van der Waals surface area contributed by atoms with Crippen molar-refractivity contribution in [2.45, 2.75) is 78.6 Å². The first-order valence-corrected chi connectivity index (χ1v) is 35.7. The van der Waals surface area contributed by atoms with E-state index in [1.807, 2.05) is 0 Å². The van der Waals surface area contributed by atoms with Crippen LogP contribution >= 0.6 is 0 Å². The molecule has 0 fully saturated rings. The average Bonchev–Trinajstić information content (AvgIpc) is 1.52. The molecule has 15 aromatic rings. The van der Waals surface area contributed by atoms with Crippen LogP contribution in [0.5, 0.6) is 0 Å². The zero-order valence-corrected chi connectivity index (χ0v) is 58.3. The van der Waals surface area contributed by atoms with Gasteiger partial charge in [-0.25, -0.2) is 0 Å². The monoisotopic (exact) mass is 1280 g/mol. The van der Waals surface area contributed by atoms with Crippen LogP contribution in [0.25, 0.3) is 117 Å². The zero-order valence-electron chi connectivity index (χ0n) is 58.3. The molecule has 0 amide bonds. The Balaban J connectivity index is 0.644. The quantitative estimate of drug-likeness (QED) is 0.125. The lowest BCUT2D eigenvalue weighted by Gasteiger charge is -2.36. The highest BCUT2D eigenvalue weighted by Crippen LogP contribution is 2.64. The van der Waals surface area contributed by atoms with Crippen molar-refractivity contribution in [3.63, 3.8) is 0 Å². The molecule has 0 saturated heterocycles. The van der Waals surface area contributed by atoms with Crippen molar-refractivity contribution < 1.29 is 0 Å². The summed E-state index contributed by atoms with van der Waals surface area (Å²) < 4.78 is 2.43. The number of para-hydroxylation sites is 1. The van der Waals surface area contributed by atoms with E-state index in [4.69, 9.17) is 0 Å². The molecule has 100 heavy (non-hydrogen) atoms. The van der Waals surface area contributed by atoms with Crippen molar-refractivity contribution in [3.05, 3.63) is 360 Å². The van der Waals surface area contributed by atoms with Crippen LogP contribution in [-0.4, -0.2) is 4.57 Å². The number of rotatable bonds is 11. The van der Waals surface area contributed by atoms with Crippen LogP contribution in [0.2, 0.25) is 0 Å². The van der Waals surface area contributed by atoms with Crippen molar-refractivity contribution >= 4 is 38.9 Å². The lowest BCUT2D eigenvalue weighted by atomic mass is 9.69. The van der Waals surface area contributed by atoms with Gasteiger partial charge in [0.2, 0.25) is 0 Å². The van der Waals surface area contributed by atoms with Gasteiger partial charge in [0.15, 0.2) is 0 Å². The first-order chi connectivity index (χ1) is 48.6. The van der Waals surface area contributed by atoms with Gasteiger partial charge in [-0.15, -0.1) is 0 Å². The third-order valence-electron chi connectivity index (χ3n) is 22.5. The molecular weight excluding hydrogens is 1210 g/mol. The summed E-state index contributed by atoms with van der Waals surface area (Å²) in [6.45, 7) is 19.0. The Kier molecular flexibility index (Phi) is 14.1. The van der Waals surface area contributed by atoms with Crippen LogP contribution in [0, 0.1) is 10.8 Å². The molecule has 2 nitrogen and oxygen atoms in total. The van der Waals surface area contributed by atoms with Crippen LogP contribution in [-0.2, 0) is 10.8 Å². The van der Waals surface area contributed by atoms with Gasteiger partial charge in [0, 0.05) is 38.9 Å². The third-order valence-corrected chi connectivity index (χ3v) is 22.5. The molecule has 1 aromatic heterocycles. The Labute approximate surface area is 589 Å². The van der Waals surface area contributed by atoms with Crippen LogP contribution in [0.4, 0.5) is 17.1 Å². The molecule has 1 spiro atoms. The number of anilines is 3. The summed E-state index contributed by atoms with van der Waals surface area (Å²) in [6.07, 6.45) is 1.14. The van der Waals surface area contributed by atoms with E-state index in [0.717, 1.165) is 29.2 Å². The Morgan fingerprint density at radius 1 is 0.300 bits per heavy atom. The number of benzene rings is 14. The maximum absolute atomic E-state index is 2.52. The summed E-state index contributed by atoms with van der Waals surface area (Å²) >= 11 is 0. The number of nitrogens with zero attached hydrogens (tertiary/aromatic N) is 2. The third kappa shape index (κ3) is 9.89. The molecule has 3 aliphatic rings. The smallest absolute Gasteiger partial charge is 0.0725 e. The van der Waals surface area contributed by atoms with Crippen molar-refractivity contribution in [3.8, 4) is 94.7 Å². The minimum Gasteiger partial charge on any atom is -0.310 e. The molecular formula is C98H80N2. The highest BCUT2D eigenvalue weighted by Gasteiger charge is 2.52. The van der Waals surface area contributed by atoms with E-state index in [0.29, 0.717) is 5.92 Å². The highest BCUT2D eigenvalue weighted by molar-refractivity contribution is 6.10. The van der Waals surface area contributed by atoms with Gasteiger partial charge in [0.25, 0.3) is 0 Å². The normalized spacial score (nSPS) is 14.9. The van der Waals surface area contributed by atoms with E-state index in [2.05, 4.69) is 386 Å². The van der Waals surface area contributed by atoms with Gasteiger partial charge < -0.3 is 9.47 Å².